The molecule has 1 amide bonds. The SMILES string of the molecule is Cc1ccc(C)c(NC(=O)C23CCC(C)(/C(=N\OC(=O)c4ccc(Cl)c([N+](=O)[O-])c4)C2)C3(C)C)c1. The largest absolute Gasteiger partial charge is 0.365 e. The van der Waals surface area contributed by atoms with Crippen molar-refractivity contribution >= 4 is 40.6 Å². The second-order valence-electron chi connectivity index (χ2n) is 10.3. The van der Waals surface area contributed by atoms with Crippen molar-refractivity contribution in [1.29, 1.82) is 0 Å². The molecule has 1 N–H and O–H groups in total. The molecule has 2 aliphatic carbocycles. The number of aryl methyl sites for hydroxylation is 2. The molecule has 2 aliphatic rings. The zero-order chi connectivity index (χ0) is 25.8. The van der Waals surface area contributed by atoms with E-state index in [4.69, 9.17) is 16.4 Å². The highest BCUT2D eigenvalue weighted by molar-refractivity contribution is 6.32. The summed E-state index contributed by atoms with van der Waals surface area (Å²) < 4.78 is 0. The molecule has 35 heavy (non-hydrogen) atoms. The van der Waals surface area contributed by atoms with Crippen LogP contribution in [0, 0.1) is 40.2 Å². The van der Waals surface area contributed by atoms with Crippen molar-refractivity contribution in [2.24, 2.45) is 21.4 Å². The standard InChI is InChI=1S/C26H28ClN3O5/c1-15-6-7-16(2)19(12-15)28-23(32)26-11-10-25(5,24(26,3)4)21(14-26)29-35-22(31)17-8-9-18(27)20(13-17)30(33)34/h6-9,12-13H,10-11,14H2,1-5H3,(H,28,32)/b29-21-. The van der Waals surface area contributed by atoms with E-state index in [0.717, 1.165) is 29.3 Å². The van der Waals surface area contributed by atoms with Gasteiger partial charge in [-0.25, -0.2) is 4.79 Å². The van der Waals surface area contributed by atoms with Crippen LogP contribution in [-0.4, -0.2) is 22.5 Å². The van der Waals surface area contributed by atoms with Gasteiger partial charge in [0.2, 0.25) is 5.91 Å². The van der Waals surface area contributed by atoms with Crippen LogP contribution in [0.3, 0.4) is 0 Å². The van der Waals surface area contributed by atoms with Crippen LogP contribution in [0.25, 0.3) is 0 Å². The molecule has 0 saturated heterocycles. The normalized spacial score (nSPS) is 25.5. The summed E-state index contributed by atoms with van der Waals surface area (Å²) in [4.78, 5) is 42.0. The highest BCUT2D eigenvalue weighted by Crippen LogP contribution is 2.71. The fourth-order valence-corrected chi connectivity index (χ4v) is 5.75. The summed E-state index contributed by atoms with van der Waals surface area (Å²) in [6.45, 7) is 10.1. The van der Waals surface area contributed by atoms with Crippen molar-refractivity contribution in [2.45, 2.75) is 53.9 Å². The summed E-state index contributed by atoms with van der Waals surface area (Å²) in [7, 11) is 0. The molecule has 2 fully saturated rings. The van der Waals surface area contributed by atoms with E-state index >= 15 is 0 Å². The summed E-state index contributed by atoms with van der Waals surface area (Å²) in [5, 5.41) is 18.4. The average Bonchev–Trinajstić information content (AvgIpc) is 3.10. The maximum Gasteiger partial charge on any atom is 0.365 e. The summed E-state index contributed by atoms with van der Waals surface area (Å²) >= 11 is 5.83. The molecule has 0 heterocycles. The van der Waals surface area contributed by atoms with Gasteiger partial charge in [-0.2, -0.15) is 0 Å². The third-order valence-electron chi connectivity index (χ3n) is 8.43. The van der Waals surface area contributed by atoms with Crippen LogP contribution < -0.4 is 5.32 Å². The Labute approximate surface area is 208 Å². The number of nitro benzene ring substituents is 1. The third-order valence-corrected chi connectivity index (χ3v) is 8.75. The van der Waals surface area contributed by atoms with E-state index in [9.17, 15) is 19.7 Å². The van der Waals surface area contributed by atoms with Crippen molar-refractivity contribution in [2.75, 3.05) is 5.32 Å². The van der Waals surface area contributed by atoms with Gasteiger partial charge in [-0.1, -0.05) is 49.7 Å². The molecular weight excluding hydrogens is 470 g/mol. The van der Waals surface area contributed by atoms with E-state index < -0.39 is 27.1 Å². The summed E-state index contributed by atoms with van der Waals surface area (Å²) in [6.07, 6.45) is 1.79. The van der Waals surface area contributed by atoms with E-state index in [1.807, 2.05) is 39.0 Å². The Morgan fingerprint density at radius 1 is 1.11 bits per heavy atom. The fourth-order valence-electron chi connectivity index (χ4n) is 5.56. The minimum Gasteiger partial charge on any atom is -0.325 e. The molecule has 4 rings (SSSR count). The van der Waals surface area contributed by atoms with Gasteiger partial charge in [-0.15, -0.1) is 0 Å². The first-order chi connectivity index (χ1) is 16.3. The number of fused-ring (bicyclic) bond motifs is 2. The molecule has 2 bridgehead atoms. The molecule has 0 radical (unpaired) electrons. The molecule has 0 spiro atoms. The molecule has 0 aliphatic heterocycles. The van der Waals surface area contributed by atoms with Gasteiger partial charge in [0.05, 0.1) is 21.6 Å². The van der Waals surface area contributed by atoms with Crippen LogP contribution in [0.4, 0.5) is 11.4 Å². The van der Waals surface area contributed by atoms with Gasteiger partial charge in [-0.3, -0.25) is 14.9 Å². The molecule has 184 valence electrons. The van der Waals surface area contributed by atoms with Crippen LogP contribution in [0.5, 0.6) is 0 Å². The van der Waals surface area contributed by atoms with Crippen molar-refractivity contribution in [1.82, 2.24) is 0 Å². The second-order valence-corrected chi connectivity index (χ2v) is 10.7. The van der Waals surface area contributed by atoms with E-state index in [0.29, 0.717) is 18.6 Å². The molecule has 9 heteroatoms. The number of carbonyl (C=O) groups excluding carboxylic acids is 2. The number of rotatable bonds is 5. The van der Waals surface area contributed by atoms with Gasteiger partial charge in [0.1, 0.15) is 5.02 Å². The van der Waals surface area contributed by atoms with Gasteiger partial charge in [-0.05, 0) is 61.4 Å². The number of hydrogen-bond acceptors (Lipinski definition) is 6. The van der Waals surface area contributed by atoms with Crippen LogP contribution in [-0.2, 0) is 9.63 Å². The second kappa shape index (κ2) is 8.45. The van der Waals surface area contributed by atoms with Crippen LogP contribution >= 0.6 is 11.6 Å². The minimum absolute atomic E-state index is 0.0274. The van der Waals surface area contributed by atoms with Crippen LogP contribution in [0.2, 0.25) is 5.02 Å². The van der Waals surface area contributed by atoms with Crippen molar-refractivity contribution in [3.63, 3.8) is 0 Å². The molecule has 2 aromatic carbocycles. The lowest BCUT2D eigenvalue weighted by Crippen LogP contribution is -2.43. The first kappa shape index (κ1) is 24.9. The Hall–Kier alpha value is -3.26. The lowest BCUT2D eigenvalue weighted by molar-refractivity contribution is -0.384. The van der Waals surface area contributed by atoms with Gasteiger partial charge in [0, 0.05) is 23.6 Å². The van der Waals surface area contributed by atoms with E-state index in [-0.39, 0.29) is 22.2 Å². The van der Waals surface area contributed by atoms with Crippen LogP contribution in [0.1, 0.15) is 61.5 Å². The number of nitro groups is 1. The molecule has 8 nitrogen and oxygen atoms in total. The van der Waals surface area contributed by atoms with Crippen molar-refractivity contribution in [3.8, 4) is 0 Å². The lowest BCUT2D eigenvalue weighted by atomic mass is 9.64. The predicted molar refractivity (Wildman–Crippen MR) is 134 cm³/mol. The predicted octanol–water partition coefficient (Wildman–Crippen LogP) is 6.23. The number of nitrogens with one attached hydrogen (secondary N) is 1. The summed E-state index contributed by atoms with van der Waals surface area (Å²) in [5.41, 5.74) is 1.46. The Kier molecular flexibility index (Phi) is 6.00. The smallest absolute Gasteiger partial charge is 0.325 e. The van der Waals surface area contributed by atoms with E-state index in [1.54, 1.807) is 0 Å². The molecule has 2 atom stereocenters. The number of hydrogen-bond donors (Lipinski definition) is 1. The van der Waals surface area contributed by atoms with Crippen LogP contribution in [0.15, 0.2) is 41.6 Å². The highest BCUT2D eigenvalue weighted by atomic mass is 35.5. The zero-order valence-corrected chi connectivity index (χ0v) is 21.2. The number of benzene rings is 2. The Morgan fingerprint density at radius 2 is 1.83 bits per heavy atom. The van der Waals surface area contributed by atoms with Gasteiger partial charge < -0.3 is 10.2 Å². The van der Waals surface area contributed by atoms with E-state index in [1.165, 1.54) is 12.1 Å². The first-order valence-electron chi connectivity index (χ1n) is 11.4. The molecule has 2 aromatic rings. The zero-order valence-electron chi connectivity index (χ0n) is 20.4. The number of halogens is 1. The number of nitrogens with zero attached hydrogens (tertiary/aromatic N) is 2. The lowest BCUT2D eigenvalue weighted by Gasteiger charge is -2.39. The Bertz CT molecular complexity index is 1290. The van der Waals surface area contributed by atoms with Gasteiger partial charge >= 0.3 is 5.97 Å². The topological polar surface area (TPSA) is 111 Å². The molecule has 2 unspecified atom stereocenters. The minimum atomic E-state index is -0.824. The summed E-state index contributed by atoms with van der Waals surface area (Å²) in [5.74, 6) is -0.889. The summed E-state index contributed by atoms with van der Waals surface area (Å²) in [6, 6.07) is 9.64. The first-order valence-corrected chi connectivity index (χ1v) is 11.8. The van der Waals surface area contributed by atoms with Gasteiger partial charge in [0.25, 0.3) is 5.69 Å². The average molecular weight is 498 g/mol. The molecule has 0 aromatic heterocycles. The number of anilines is 1. The van der Waals surface area contributed by atoms with Gasteiger partial charge in [0.15, 0.2) is 0 Å². The number of carbonyl (C=O) groups is 2. The molecule has 2 saturated carbocycles. The van der Waals surface area contributed by atoms with E-state index in [2.05, 4.69) is 24.3 Å². The number of amides is 1. The fraction of sp³-hybridized carbons (Fsp3) is 0.423. The highest BCUT2D eigenvalue weighted by Gasteiger charge is 2.71. The Morgan fingerprint density at radius 3 is 2.51 bits per heavy atom. The maximum atomic E-state index is 13.7. The molecular formula is C26H28ClN3O5. The quantitative estimate of drug-likeness (QED) is 0.299. The number of oxime groups is 1. The maximum absolute atomic E-state index is 13.7. The Balaban J connectivity index is 1.60. The monoisotopic (exact) mass is 497 g/mol. The third kappa shape index (κ3) is 3.80. The van der Waals surface area contributed by atoms with Crippen molar-refractivity contribution < 1.29 is 19.3 Å². The van der Waals surface area contributed by atoms with Crippen molar-refractivity contribution in [3.05, 3.63) is 68.2 Å².